The van der Waals surface area contributed by atoms with Crippen molar-refractivity contribution in [2.45, 2.75) is 18.9 Å². The molecule has 0 radical (unpaired) electrons. The van der Waals surface area contributed by atoms with Crippen LogP contribution in [-0.4, -0.2) is 35.4 Å². The fraction of sp³-hybridized carbons (Fsp3) is 0.312. The molecule has 124 valence electrons. The molecule has 24 heavy (non-hydrogen) atoms. The topological polar surface area (TPSA) is 60.2 Å². The van der Waals surface area contributed by atoms with Crippen LogP contribution >= 0.6 is 22.9 Å². The quantitative estimate of drug-likeness (QED) is 0.782. The summed E-state index contributed by atoms with van der Waals surface area (Å²) in [4.78, 5) is 20.0. The maximum absolute atomic E-state index is 13.3. The number of nitrogens with zero attached hydrogens (tertiary/aromatic N) is 4. The van der Waals surface area contributed by atoms with Crippen molar-refractivity contribution in [3.63, 3.8) is 0 Å². The maximum Gasteiger partial charge on any atom is 0.251 e. The number of carbonyl (C=O) groups excluding carboxylic acids is 1. The van der Waals surface area contributed by atoms with Gasteiger partial charge in [-0.25, -0.2) is 9.37 Å². The van der Waals surface area contributed by atoms with Gasteiger partial charge in [0.2, 0.25) is 0 Å². The first-order chi connectivity index (χ1) is 11.5. The van der Waals surface area contributed by atoms with Gasteiger partial charge in [0, 0.05) is 24.5 Å². The standard InChI is InChI=1S/C16H14ClFN4OS/c1-21(15(23)14-3-2-6-22(14)9-19)16-20-13(8-24-16)10-4-5-12(18)11(17)7-10/h4-5,7-8,14H,2-3,6H2,1H3/t14-/m0/s1. The number of rotatable bonds is 3. The lowest BCUT2D eigenvalue weighted by molar-refractivity contribution is -0.121. The molecule has 0 saturated carbocycles. The van der Waals surface area contributed by atoms with Crippen molar-refractivity contribution in [1.82, 2.24) is 9.88 Å². The van der Waals surface area contributed by atoms with E-state index < -0.39 is 11.9 Å². The van der Waals surface area contributed by atoms with Crippen molar-refractivity contribution in [2.75, 3.05) is 18.5 Å². The summed E-state index contributed by atoms with van der Waals surface area (Å²) in [5, 5.41) is 11.4. The second-order valence-corrected chi connectivity index (χ2v) is 6.74. The number of likely N-dealkylation sites (tertiary alicyclic amines) is 1. The van der Waals surface area contributed by atoms with Gasteiger partial charge in [-0.1, -0.05) is 11.6 Å². The summed E-state index contributed by atoms with van der Waals surface area (Å²) in [6.07, 6.45) is 3.56. The van der Waals surface area contributed by atoms with Gasteiger partial charge in [0.05, 0.1) is 10.7 Å². The molecule has 1 saturated heterocycles. The molecule has 0 bridgehead atoms. The molecule has 0 unspecified atom stereocenters. The molecule has 1 fully saturated rings. The van der Waals surface area contributed by atoms with Crippen LogP contribution in [0, 0.1) is 17.3 Å². The van der Waals surface area contributed by atoms with E-state index in [1.807, 2.05) is 0 Å². The molecule has 1 aliphatic heterocycles. The number of benzene rings is 1. The number of carbonyl (C=O) groups is 1. The number of thiazole rings is 1. The molecule has 5 nitrogen and oxygen atoms in total. The molecule has 0 spiro atoms. The Morgan fingerprint density at radius 1 is 1.58 bits per heavy atom. The molecule has 1 aliphatic rings. The van der Waals surface area contributed by atoms with E-state index in [1.165, 1.54) is 33.3 Å². The molecule has 1 atom stereocenters. The molecule has 0 N–H and O–H groups in total. The second-order valence-electron chi connectivity index (χ2n) is 5.49. The Morgan fingerprint density at radius 2 is 2.38 bits per heavy atom. The normalized spacial score (nSPS) is 16.9. The first-order valence-corrected chi connectivity index (χ1v) is 8.62. The molecule has 1 amide bonds. The van der Waals surface area contributed by atoms with Crippen molar-refractivity contribution in [1.29, 1.82) is 5.26 Å². The van der Waals surface area contributed by atoms with Crippen LogP contribution in [0.2, 0.25) is 5.02 Å². The summed E-state index contributed by atoms with van der Waals surface area (Å²) in [6, 6.07) is 3.96. The molecular weight excluding hydrogens is 351 g/mol. The molecule has 8 heteroatoms. The highest BCUT2D eigenvalue weighted by Gasteiger charge is 2.33. The Morgan fingerprint density at radius 3 is 3.08 bits per heavy atom. The van der Waals surface area contributed by atoms with Gasteiger partial charge in [0.1, 0.15) is 11.9 Å². The number of aromatic nitrogens is 1. The summed E-state index contributed by atoms with van der Waals surface area (Å²) < 4.78 is 13.3. The second kappa shape index (κ2) is 6.75. The Balaban J connectivity index is 1.81. The third-order valence-electron chi connectivity index (χ3n) is 3.99. The minimum atomic E-state index is -0.485. The predicted molar refractivity (Wildman–Crippen MR) is 91.3 cm³/mol. The number of amides is 1. The third kappa shape index (κ3) is 3.07. The first kappa shape index (κ1) is 16.7. The van der Waals surface area contributed by atoms with Crippen LogP contribution in [0.1, 0.15) is 12.8 Å². The number of nitriles is 1. The van der Waals surface area contributed by atoms with Crippen LogP contribution in [0.5, 0.6) is 0 Å². The summed E-state index contributed by atoms with van der Waals surface area (Å²) >= 11 is 7.12. The van der Waals surface area contributed by atoms with E-state index in [-0.39, 0.29) is 10.9 Å². The Kier molecular flexibility index (Phi) is 4.69. The average Bonchev–Trinajstić information content (AvgIpc) is 3.24. The van der Waals surface area contributed by atoms with E-state index in [1.54, 1.807) is 18.5 Å². The number of hydrogen-bond acceptors (Lipinski definition) is 5. The largest absolute Gasteiger partial charge is 0.298 e. The molecular formula is C16H14ClFN4OS. The van der Waals surface area contributed by atoms with Crippen LogP contribution in [-0.2, 0) is 4.79 Å². The minimum absolute atomic E-state index is 0.0297. The Hall–Kier alpha value is -2.17. The van der Waals surface area contributed by atoms with Crippen LogP contribution < -0.4 is 4.90 Å². The highest BCUT2D eigenvalue weighted by atomic mass is 35.5. The van der Waals surface area contributed by atoms with Crippen molar-refractivity contribution in [3.8, 4) is 17.5 Å². The summed E-state index contributed by atoms with van der Waals surface area (Å²) in [5.74, 6) is -0.631. The van der Waals surface area contributed by atoms with Crippen molar-refractivity contribution < 1.29 is 9.18 Å². The zero-order valence-corrected chi connectivity index (χ0v) is 14.4. The predicted octanol–water partition coefficient (Wildman–Crippen LogP) is 3.51. The zero-order valence-electron chi connectivity index (χ0n) is 12.9. The highest BCUT2D eigenvalue weighted by molar-refractivity contribution is 7.14. The molecule has 2 heterocycles. The molecule has 0 aliphatic carbocycles. The highest BCUT2D eigenvalue weighted by Crippen LogP contribution is 2.30. The van der Waals surface area contributed by atoms with Crippen molar-refractivity contribution in [3.05, 3.63) is 34.4 Å². The Labute approximate surface area is 147 Å². The van der Waals surface area contributed by atoms with Gasteiger partial charge in [-0.3, -0.25) is 14.6 Å². The number of halogens is 2. The fourth-order valence-electron chi connectivity index (χ4n) is 2.67. The van der Waals surface area contributed by atoms with E-state index in [2.05, 4.69) is 11.2 Å². The number of hydrogen-bond donors (Lipinski definition) is 0. The SMILES string of the molecule is CN(C(=O)[C@@H]1CCCN1C#N)c1nc(-c2ccc(F)c(Cl)c2)cs1. The van der Waals surface area contributed by atoms with Gasteiger partial charge in [-0.15, -0.1) is 11.3 Å². The van der Waals surface area contributed by atoms with Crippen LogP contribution in [0.15, 0.2) is 23.6 Å². The van der Waals surface area contributed by atoms with Gasteiger partial charge < -0.3 is 0 Å². The van der Waals surface area contributed by atoms with Gasteiger partial charge >= 0.3 is 0 Å². The first-order valence-electron chi connectivity index (χ1n) is 7.36. The summed E-state index contributed by atoms with van der Waals surface area (Å²) in [6.45, 7) is 0.609. The van der Waals surface area contributed by atoms with Crippen molar-refractivity contribution >= 4 is 34.0 Å². The third-order valence-corrected chi connectivity index (χ3v) is 5.20. The lowest BCUT2D eigenvalue weighted by atomic mass is 10.2. The van der Waals surface area contributed by atoms with E-state index >= 15 is 0 Å². The lowest BCUT2D eigenvalue weighted by Gasteiger charge is -2.22. The average molecular weight is 365 g/mol. The molecule has 2 aromatic rings. The Bertz CT molecular complexity index is 819. The van der Waals surface area contributed by atoms with Crippen LogP contribution in [0.4, 0.5) is 9.52 Å². The van der Waals surface area contributed by atoms with E-state index in [9.17, 15) is 9.18 Å². The minimum Gasteiger partial charge on any atom is -0.298 e. The molecule has 3 rings (SSSR count). The zero-order chi connectivity index (χ0) is 17.3. The van der Waals surface area contributed by atoms with Gasteiger partial charge in [0.15, 0.2) is 11.3 Å². The summed E-state index contributed by atoms with van der Waals surface area (Å²) in [5.41, 5.74) is 1.31. The van der Waals surface area contributed by atoms with Gasteiger partial charge in [-0.2, -0.15) is 5.26 Å². The molecule has 1 aromatic carbocycles. The van der Waals surface area contributed by atoms with Gasteiger partial charge in [0.25, 0.3) is 5.91 Å². The fourth-order valence-corrected chi connectivity index (χ4v) is 3.65. The van der Waals surface area contributed by atoms with Gasteiger partial charge in [-0.05, 0) is 31.0 Å². The number of likely N-dealkylation sites (N-methyl/N-ethyl adjacent to an activating group) is 1. The molecule has 1 aromatic heterocycles. The van der Waals surface area contributed by atoms with E-state index in [4.69, 9.17) is 16.9 Å². The summed E-state index contributed by atoms with van der Waals surface area (Å²) in [7, 11) is 1.65. The van der Waals surface area contributed by atoms with Crippen LogP contribution in [0.25, 0.3) is 11.3 Å². The monoisotopic (exact) mass is 364 g/mol. The van der Waals surface area contributed by atoms with Crippen molar-refractivity contribution in [2.24, 2.45) is 0 Å². The smallest absolute Gasteiger partial charge is 0.251 e. The maximum atomic E-state index is 13.3. The van der Waals surface area contributed by atoms with Crippen LogP contribution in [0.3, 0.4) is 0 Å². The van der Waals surface area contributed by atoms with E-state index in [0.29, 0.717) is 29.4 Å². The lowest BCUT2D eigenvalue weighted by Crippen LogP contribution is -2.42. The van der Waals surface area contributed by atoms with E-state index in [0.717, 1.165) is 6.42 Å². The number of anilines is 1.